The topological polar surface area (TPSA) is 111 Å². The van der Waals surface area contributed by atoms with Gasteiger partial charge in [-0.2, -0.15) is 4.57 Å². The molecule has 0 bridgehead atoms. The molecule has 0 amide bonds. The van der Waals surface area contributed by atoms with Crippen molar-refractivity contribution in [3.05, 3.63) is 22.5 Å². The molecule has 0 radical (unpaired) electrons. The Hall–Kier alpha value is -0.780. The van der Waals surface area contributed by atoms with Crippen molar-refractivity contribution in [1.29, 1.82) is 0 Å². The molecule has 8 nitrogen and oxygen atoms in total. The van der Waals surface area contributed by atoms with Crippen LogP contribution in [0.3, 0.4) is 0 Å². The summed E-state index contributed by atoms with van der Waals surface area (Å²) < 4.78 is 6.97. The molecule has 1 aromatic rings. The number of alkyl halides is 1. The van der Waals surface area contributed by atoms with Crippen molar-refractivity contribution in [3.63, 3.8) is 0 Å². The first-order valence-corrected chi connectivity index (χ1v) is 6.33. The number of aliphatic hydroxyl groups excluding tert-OH is 2. The number of halogens is 1. The number of hydrogen-bond donors (Lipinski definition) is 2. The van der Waals surface area contributed by atoms with Gasteiger partial charge in [0.25, 0.3) is 0 Å². The average Bonchev–Trinajstić information content (AvgIpc) is 2.86. The minimum atomic E-state index is -1.21. The molecule has 94 valence electrons. The molecule has 0 aromatic carbocycles. The van der Waals surface area contributed by atoms with Crippen LogP contribution in [0.4, 0.5) is 5.95 Å². The zero-order valence-corrected chi connectivity index (χ0v) is 10.7. The molecular formula is C8H10IN3O5. The molecule has 0 spiro atoms. The van der Waals surface area contributed by atoms with E-state index in [1.807, 2.05) is 22.6 Å². The quantitative estimate of drug-likeness (QED) is 0.338. The van der Waals surface area contributed by atoms with E-state index >= 15 is 0 Å². The van der Waals surface area contributed by atoms with E-state index in [2.05, 4.69) is 4.98 Å². The highest BCUT2D eigenvalue weighted by molar-refractivity contribution is 14.1. The molecule has 17 heavy (non-hydrogen) atoms. The Morgan fingerprint density at radius 3 is 2.82 bits per heavy atom. The minimum Gasteiger partial charge on any atom is -0.390 e. The van der Waals surface area contributed by atoms with Crippen LogP contribution in [0.25, 0.3) is 0 Å². The van der Waals surface area contributed by atoms with Gasteiger partial charge in [0.05, 0.1) is 6.10 Å². The fraction of sp³-hybridized carbons (Fsp3) is 0.625. The maximum atomic E-state index is 10.7. The van der Waals surface area contributed by atoms with Gasteiger partial charge in [-0.15, -0.1) is 0 Å². The summed E-state index contributed by atoms with van der Waals surface area (Å²) in [4.78, 5) is 13.6. The van der Waals surface area contributed by atoms with Crippen LogP contribution in [0.5, 0.6) is 0 Å². The molecule has 1 aliphatic rings. The van der Waals surface area contributed by atoms with Crippen molar-refractivity contribution in [2.45, 2.75) is 24.5 Å². The number of ether oxygens (including phenoxy) is 1. The van der Waals surface area contributed by atoms with Gasteiger partial charge < -0.3 is 25.1 Å². The van der Waals surface area contributed by atoms with Crippen LogP contribution in [0.2, 0.25) is 0 Å². The molecule has 0 aliphatic carbocycles. The fourth-order valence-corrected chi connectivity index (χ4v) is 2.46. The summed E-state index contributed by atoms with van der Waals surface area (Å²) in [5.74, 6) is -0.421. The van der Waals surface area contributed by atoms with Gasteiger partial charge in [-0.05, 0) is 4.92 Å². The van der Waals surface area contributed by atoms with E-state index in [-0.39, 0.29) is 0 Å². The van der Waals surface area contributed by atoms with E-state index in [1.165, 1.54) is 12.4 Å². The zero-order chi connectivity index (χ0) is 12.6. The van der Waals surface area contributed by atoms with Crippen LogP contribution in [-0.4, -0.2) is 47.4 Å². The van der Waals surface area contributed by atoms with Crippen molar-refractivity contribution >= 4 is 28.5 Å². The summed E-state index contributed by atoms with van der Waals surface area (Å²) in [7, 11) is 0. The molecule has 2 heterocycles. The lowest BCUT2D eigenvalue weighted by atomic mass is 10.1. The van der Waals surface area contributed by atoms with E-state index in [0.29, 0.717) is 4.43 Å². The van der Waals surface area contributed by atoms with Gasteiger partial charge >= 0.3 is 5.95 Å². The van der Waals surface area contributed by atoms with E-state index in [9.17, 15) is 20.3 Å². The van der Waals surface area contributed by atoms with Crippen LogP contribution in [-0.2, 0) is 4.74 Å². The minimum absolute atomic E-state index is 0.421. The lowest BCUT2D eigenvalue weighted by Gasteiger charge is -2.13. The lowest BCUT2D eigenvalue weighted by molar-refractivity contribution is -0.398. The van der Waals surface area contributed by atoms with Gasteiger partial charge in [-0.1, -0.05) is 27.6 Å². The predicted octanol–water partition coefficient (Wildman–Crippen LogP) is -0.155. The molecule has 1 saturated heterocycles. The zero-order valence-electron chi connectivity index (χ0n) is 8.51. The van der Waals surface area contributed by atoms with Gasteiger partial charge in [0.15, 0.2) is 0 Å². The summed E-state index contributed by atoms with van der Waals surface area (Å²) in [6.45, 7) is 0. The Bertz CT molecular complexity index is 425. The molecule has 2 rings (SSSR count). The number of aliphatic hydroxyl groups is 2. The second-order valence-electron chi connectivity index (χ2n) is 3.59. The third kappa shape index (κ3) is 2.14. The molecule has 9 heteroatoms. The SMILES string of the molecule is O=[N+]([O-])c1nccn1C1O[C@H](CI)[C@@H](O)[C@@H]1O. The second-order valence-corrected chi connectivity index (χ2v) is 4.47. The predicted molar refractivity (Wildman–Crippen MR) is 63.7 cm³/mol. The standard InChI is InChI=1S/C8H10IN3O5/c9-3-4-5(13)6(14)7(17-4)11-2-1-10-8(11)12(15)16/h1-2,4-7,13-14H,3H2/t4-,5-,6+,7?/m1/s1. The Balaban J connectivity index is 2.29. The molecule has 0 saturated carbocycles. The van der Waals surface area contributed by atoms with Crippen LogP contribution >= 0.6 is 22.6 Å². The normalized spacial score (nSPS) is 32.9. The van der Waals surface area contributed by atoms with Gasteiger partial charge in [0.2, 0.25) is 6.23 Å². The smallest absolute Gasteiger partial charge is 0.390 e. The largest absolute Gasteiger partial charge is 0.436 e. The first-order valence-electron chi connectivity index (χ1n) is 4.81. The average molecular weight is 355 g/mol. The van der Waals surface area contributed by atoms with Gasteiger partial charge in [0, 0.05) is 4.43 Å². The Labute approximate surface area is 110 Å². The summed E-state index contributed by atoms with van der Waals surface area (Å²) in [5.41, 5.74) is 0. The van der Waals surface area contributed by atoms with E-state index in [4.69, 9.17) is 4.74 Å². The van der Waals surface area contributed by atoms with Crippen LogP contribution in [0, 0.1) is 10.1 Å². The number of imidazole rings is 1. The first-order chi connectivity index (χ1) is 8.06. The highest BCUT2D eigenvalue weighted by Crippen LogP contribution is 2.32. The summed E-state index contributed by atoms with van der Waals surface area (Å²) >= 11 is 2.01. The van der Waals surface area contributed by atoms with Crippen molar-refractivity contribution in [3.8, 4) is 0 Å². The third-order valence-corrected chi connectivity index (χ3v) is 3.44. The van der Waals surface area contributed by atoms with Crippen LogP contribution in [0.1, 0.15) is 6.23 Å². The number of nitro groups is 1. The summed E-state index contributed by atoms with van der Waals surface area (Å²) in [6.07, 6.45) is -1.20. The molecule has 1 unspecified atom stereocenters. The number of hydrogen-bond acceptors (Lipinski definition) is 6. The Morgan fingerprint density at radius 1 is 1.59 bits per heavy atom. The highest BCUT2D eigenvalue weighted by Gasteiger charge is 2.46. The van der Waals surface area contributed by atoms with Crippen molar-refractivity contribution in [1.82, 2.24) is 9.55 Å². The number of nitrogens with zero attached hydrogens (tertiary/aromatic N) is 3. The number of aromatic nitrogens is 2. The molecule has 1 aliphatic heterocycles. The molecule has 1 fully saturated rings. The van der Waals surface area contributed by atoms with Crippen molar-refractivity contribution in [2.24, 2.45) is 0 Å². The molecule has 2 N–H and O–H groups in total. The maximum absolute atomic E-state index is 10.7. The third-order valence-electron chi connectivity index (χ3n) is 2.57. The highest BCUT2D eigenvalue weighted by atomic mass is 127. The van der Waals surface area contributed by atoms with E-state index in [1.54, 1.807) is 0 Å². The van der Waals surface area contributed by atoms with Crippen molar-refractivity contribution in [2.75, 3.05) is 4.43 Å². The number of rotatable bonds is 3. The van der Waals surface area contributed by atoms with Gasteiger partial charge in [0.1, 0.15) is 24.6 Å². The van der Waals surface area contributed by atoms with Crippen LogP contribution in [0.15, 0.2) is 12.4 Å². The first kappa shape index (κ1) is 12.7. The van der Waals surface area contributed by atoms with E-state index < -0.39 is 35.4 Å². The summed E-state index contributed by atoms with van der Waals surface area (Å²) in [6, 6.07) is 0. The lowest BCUT2D eigenvalue weighted by Crippen LogP contribution is -2.32. The fourth-order valence-electron chi connectivity index (χ4n) is 1.73. The van der Waals surface area contributed by atoms with Crippen molar-refractivity contribution < 1.29 is 19.9 Å². The maximum Gasteiger partial charge on any atom is 0.436 e. The Morgan fingerprint density at radius 2 is 2.29 bits per heavy atom. The Kier molecular flexibility index (Phi) is 3.61. The summed E-state index contributed by atoms with van der Waals surface area (Å²) in [5, 5.41) is 30.2. The molecular weight excluding hydrogens is 345 g/mol. The molecule has 4 atom stereocenters. The second kappa shape index (κ2) is 4.84. The van der Waals surface area contributed by atoms with Gasteiger partial charge in [-0.25, -0.2) is 0 Å². The van der Waals surface area contributed by atoms with Crippen LogP contribution < -0.4 is 0 Å². The van der Waals surface area contributed by atoms with Gasteiger partial charge in [-0.3, -0.25) is 0 Å². The molecule has 1 aromatic heterocycles. The van der Waals surface area contributed by atoms with E-state index in [0.717, 1.165) is 4.57 Å². The monoisotopic (exact) mass is 355 g/mol.